The van der Waals surface area contributed by atoms with Crippen molar-refractivity contribution in [3.8, 4) is 0 Å². The number of hydrogen-bond donors (Lipinski definition) is 0. The van der Waals surface area contributed by atoms with Crippen molar-refractivity contribution in [1.29, 1.82) is 0 Å². The maximum absolute atomic E-state index is 13.3. The zero-order chi connectivity index (χ0) is 16.4. The van der Waals surface area contributed by atoms with Gasteiger partial charge in [0.15, 0.2) is 5.82 Å². The maximum Gasteiger partial charge on any atom is 0.240 e. The van der Waals surface area contributed by atoms with Crippen LogP contribution in [-0.4, -0.2) is 45.7 Å². The van der Waals surface area contributed by atoms with E-state index >= 15 is 0 Å². The van der Waals surface area contributed by atoms with Gasteiger partial charge in [-0.2, -0.15) is 9.37 Å². The Balaban J connectivity index is 1.61. The van der Waals surface area contributed by atoms with E-state index in [1.807, 2.05) is 19.9 Å². The Labute approximate surface area is 135 Å². The van der Waals surface area contributed by atoms with Gasteiger partial charge in [-0.15, -0.1) is 0 Å². The molecule has 1 fully saturated rings. The second-order valence-electron chi connectivity index (χ2n) is 6.30. The van der Waals surface area contributed by atoms with Crippen molar-refractivity contribution in [2.75, 3.05) is 24.5 Å². The summed E-state index contributed by atoms with van der Waals surface area (Å²) in [7, 11) is 0. The van der Waals surface area contributed by atoms with Gasteiger partial charge < -0.3 is 9.42 Å². The number of rotatable bonds is 4. The maximum atomic E-state index is 13.3. The lowest BCUT2D eigenvalue weighted by atomic mass is 10.2. The molecule has 0 amide bonds. The topological polar surface area (TPSA) is 58.3 Å². The normalized spacial score (nSPS) is 19.5. The van der Waals surface area contributed by atoms with E-state index in [4.69, 9.17) is 4.52 Å². The molecular formula is C16H22FN5O. The highest BCUT2D eigenvalue weighted by Gasteiger charge is 2.26. The summed E-state index contributed by atoms with van der Waals surface area (Å²) in [5, 5.41) is 4.00. The Morgan fingerprint density at radius 1 is 1.30 bits per heavy atom. The molecule has 1 unspecified atom stereocenters. The predicted octanol–water partition coefficient (Wildman–Crippen LogP) is 2.44. The summed E-state index contributed by atoms with van der Waals surface area (Å²) in [6.45, 7) is 9.34. The second-order valence-corrected chi connectivity index (χ2v) is 6.30. The zero-order valence-corrected chi connectivity index (χ0v) is 13.7. The lowest BCUT2D eigenvalue weighted by Gasteiger charge is -2.40. The summed E-state index contributed by atoms with van der Waals surface area (Å²) in [6, 6.07) is 5.16. The minimum absolute atomic E-state index is 0.241. The first-order valence-electron chi connectivity index (χ1n) is 7.97. The number of nitrogens with zero attached hydrogens (tertiary/aromatic N) is 5. The monoisotopic (exact) mass is 319 g/mol. The van der Waals surface area contributed by atoms with Crippen molar-refractivity contribution in [1.82, 2.24) is 20.0 Å². The lowest BCUT2D eigenvalue weighted by Crippen LogP contribution is -2.52. The molecule has 23 heavy (non-hydrogen) atoms. The van der Waals surface area contributed by atoms with E-state index in [2.05, 4.69) is 31.8 Å². The summed E-state index contributed by atoms with van der Waals surface area (Å²) in [5.41, 5.74) is 0. The molecule has 0 radical (unpaired) electrons. The molecule has 1 saturated heterocycles. The molecular weight excluding hydrogens is 297 g/mol. The van der Waals surface area contributed by atoms with Crippen LogP contribution in [0.2, 0.25) is 0 Å². The zero-order valence-electron chi connectivity index (χ0n) is 13.7. The highest BCUT2D eigenvalue weighted by Crippen LogP contribution is 2.20. The third kappa shape index (κ3) is 3.67. The molecule has 2 aromatic rings. The Morgan fingerprint density at radius 3 is 2.78 bits per heavy atom. The van der Waals surface area contributed by atoms with Crippen LogP contribution in [-0.2, 0) is 6.54 Å². The van der Waals surface area contributed by atoms with E-state index in [-0.39, 0.29) is 12.0 Å². The van der Waals surface area contributed by atoms with E-state index in [1.165, 1.54) is 6.07 Å². The van der Waals surface area contributed by atoms with E-state index in [1.54, 1.807) is 6.07 Å². The molecule has 2 aromatic heterocycles. The number of hydrogen-bond acceptors (Lipinski definition) is 6. The van der Waals surface area contributed by atoms with Gasteiger partial charge in [-0.25, -0.2) is 4.98 Å². The predicted molar refractivity (Wildman–Crippen MR) is 84.7 cm³/mol. The molecule has 1 atom stereocenters. The van der Waals surface area contributed by atoms with Gasteiger partial charge in [0, 0.05) is 31.6 Å². The van der Waals surface area contributed by atoms with Crippen LogP contribution in [0, 0.1) is 5.95 Å². The molecule has 0 aliphatic carbocycles. The average molecular weight is 319 g/mol. The van der Waals surface area contributed by atoms with Gasteiger partial charge in [0.05, 0.1) is 6.54 Å². The number of anilines is 1. The standard InChI is InChI=1S/C16H22FN5O/c1-11(2)16-19-15(23-20-16)10-21-7-8-22(12(3)9-21)14-6-4-5-13(17)18-14/h4-6,11-12H,7-10H2,1-3H3. The van der Waals surface area contributed by atoms with Crippen molar-refractivity contribution in [2.24, 2.45) is 0 Å². The van der Waals surface area contributed by atoms with Crippen molar-refractivity contribution in [3.05, 3.63) is 35.9 Å². The highest BCUT2D eigenvalue weighted by atomic mass is 19.1. The lowest BCUT2D eigenvalue weighted by molar-refractivity contribution is 0.193. The number of piperazine rings is 1. The Hall–Kier alpha value is -2.02. The molecule has 6 nitrogen and oxygen atoms in total. The van der Waals surface area contributed by atoms with Gasteiger partial charge in [0.2, 0.25) is 11.8 Å². The SMILES string of the molecule is CC(C)c1noc(CN2CCN(c3cccc(F)n3)C(C)C2)n1. The van der Waals surface area contributed by atoms with Crippen LogP contribution in [0.15, 0.2) is 22.7 Å². The van der Waals surface area contributed by atoms with Gasteiger partial charge >= 0.3 is 0 Å². The van der Waals surface area contributed by atoms with Gasteiger partial charge in [-0.3, -0.25) is 4.90 Å². The third-order valence-electron chi connectivity index (χ3n) is 4.07. The fourth-order valence-electron chi connectivity index (χ4n) is 2.83. The first kappa shape index (κ1) is 15.9. The first-order chi connectivity index (χ1) is 11.0. The van der Waals surface area contributed by atoms with Crippen LogP contribution in [0.1, 0.15) is 38.4 Å². The molecule has 0 N–H and O–H groups in total. The van der Waals surface area contributed by atoms with Gasteiger partial charge in [0.25, 0.3) is 0 Å². The summed E-state index contributed by atoms with van der Waals surface area (Å²) in [6.07, 6.45) is 0. The fraction of sp³-hybridized carbons (Fsp3) is 0.562. The van der Waals surface area contributed by atoms with Crippen LogP contribution in [0.4, 0.5) is 10.2 Å². The number of aromatic nitrogens is 3. The molecule has 1 aliphatic heterocycles. The second kappa shape index (κ2) is 6.62. The minimum Gasteiger partial charge on any atom is -0.351 e. The molecule has 0 aromatic carbocycles. The van der Waals surface area contributed by atoms with Gasteiger partial charge in [0.1, 0.15) is 5.82 Å². The Kier molecular flexibility index (Phi) is 4.56. The van der Waals surface area contributed by atoms with E-state index in [0.29, 0.717) is 18.3 Å². The van der Waals surface area contributed by atoms with Crippen LogP contribution in [0.5, 0.6) is 0 Å². The van der Waals surface area contributed by atoms with Crippen LogP contribution < -0.4 is 4.90 Å². The van der Waals surface area contributed by atoms with E-state index in [0.717, 1.165) is 25.5 Å². The van der Waals surface area contributed by atoms with Gasteiger partial charge in [-0.1, -0.05) is 25.1 Å². The Morgan fingerprint density at radius 2 is 2.13 bits per heavy atom. The summed E-state index contributed by atoms with van der Waals surface area (Å²) >= 11 is 0. The molecule has 3 rings (SSSR count). The third-order valence-corrected chi connectivity index (χ3v) is 4.07. The smallest absolute Gasteiger partial charge is 0.240 e. The van der Waals surface area contributed by atoms with Crippen LogP contribution >= 0.6 is 0 Å². The van der Waals surface area contributed by atoms with Crippen LogP contribution in [0.3, 0.4) is 0 Å². The summed E-state index contributed by atoms with van der Waals surface area (Å²) in [4.78, 5) is 12.8. The van der Waals surface area contributed by atoms with Crippen molar-refractivity contribution in [2.45, 2.75) is 39.3 Å². The molecule has 3 heterocycles. The molecule has 124 valence electrons. The van der Waals surface area contributed by atoms with Gasteiger partial charge in [-0.05, 0) is 19.1 Å². The van der Waals surface area contributed by atoms with Crippen molar-refractivity contribution < 1.29 is 8.91 Å². The van der Waals surface area contributed by atoms with Crippen molar-refractivity contribution in [3.63, 3.8) is 0 Å². The quantitative estimate of drug-likeness (QED) is 0.807. The molecule has 0 bridgehead atoms. The van der Waals surface area contributed by atoms with Crippen molar-refractivity contribution >= 4 is 5.82 Å². The molecule has 1 aliphatic rings. The van der Waals surface area contributed by atoms with E-state index < -0.39 is 5.95 Å². The van der Waals surface area contributed by atoms with Crippen LogP contribution in [0.25, 0.3) is 0 Å². The molecule has 7 heteroatoms. The summed E-state index contributed by atoms with van der Waals surface area (Å²) in [5.74, 6) is 1.91. The average Bonchev–Trinajstić information content (AvgIpc) is 2.96. The minimum atomic E-state index is -0.441. The molecule has 0 spiro atoms. The number of pyridine rings is 1. The largest absolute Gasteiger partial charge is 0.351 e. The molecule has 0 saturated carbocycles. The fourth-order valence-corrected chi connectivity index (χ4v) is 2.83. The van der Waals surface area contributed by atoms with E-state index in [9.17, 15) is 4.39 Å². The highest BCUT2D eigenvalue weighted by molar-refractivity contribution is 5.40. The Bertz CT molecular complexity index is 659. The first-order valence-corrected chi connectivity index (χ1v) is 7.97. The summed E-state index contributed by atoms with van der Waals surface area (Å²) < 4.78 is 18.6. The number of halogens is 1.